The zero-order valence-electron chi connectivity index (χ0n) is 11.1. The van der Waals surface area contributed by atoms with Crippen molar-refractivity contribution in [3.8, 4) is 11.1 Å². The lowest BCUT2D eigenvalue weighted by molar-refractivity contribution is 0.141. The number of rotatable bonds is 6. The molecule has 0 radical (unpaired) electrons. The Morgan fingerprint density at radius 3 is 2.05 bits per heavy atom. The van der Waals surface area contributed by atoms with Gasteiger partial charge in [-0.25, -0.2) is 8.78 Å². The average molecular weight is 276 g/mol. The van der Waals surface area contributed by atoms with Gasteiger partial charge >= 0.3 is 0 Å². The molecule has 4 heteroatoms. The van der Waals surface area contributed by atoms with Crippen LogP contribution in [0.4, 0.5) is 8.78 Å². The first-order valence-electron chi connectivity index (χ1n) is 6.57. The summed E-state index contributed by atoms with van der Waals surface area (Å²) in [6, 6.07) is 17.6. The standard InChI is InChI=1S/C16H18F2N2/c17-16(18)11-20-15(10-19)14-8-6-13(7-9-14)12-4-2-1-3-5-12/h1-9,15-16,20H,10-11,19H2. The quantitative estimate of drug-likeness (QED) is 0.850. The van der Waals surface area contributed by atoms with Gasteiger partial charge in [0.15, 0.2) is 0 Å². The fourth-order valence-corrected chi connectivity index (χ4v) is 2.11. The third kappa shape index (κ3) is 3.85. The van der Waals surface area contributed by atoms with Crippen LogP contribution >= 0.6 is 0 Å². The molecule has 0 aromatic heterocycles. The van der Waals surface area contributed by atoms with Crippen LogP contribution in [-0.2, 0) is 0 Å². The van der Waals surface area contributed by atoms with Crippen molar-refractivity contribution < 1.29 is 8.78 Å². The van der Waals surface area contributed by atoms with Gasteiger partial charge in [-0.15, -0.1) is 0 Å². The Morgan fingerprint density at radius 2 is 1.50 bits per heavy atom. The van der Waals surface area contributed by atoms with E-state index in [1.165, 1.54) is 0 Å². The van der Waals surface area contributed by atoms with Crippen molar-refractivity contribution in [3.05, 3.63) is 60.2 Å². The van der Waals surface area contributed by atoms with Crippen LogP contribution in [0.3, 0.4) is 0 Å². The lowest BCUT2D eigenvalue weighted by Gasteiger charge is -2.17. The summed E-state index contributed by atoms with van der Waals surface area (Å²) in [5.74, 6) is 0. The maximum absolute atomic E-state index is 12.2. The summed E-state index contributed by atoms with van der Waals surface area (Å²) in [6.45, 7) is -0.0558. The van der Waals surface area contributed by atoms with E-state index < -0.39 is 6.43 Å². The number of hydrogen-bond acceptors (Lipinski definition) is 2. The maximum atomic E-state index is 12.2. The molecular formula is C16H18F2N2. The van der Waals surface area contributed by atoms with Crippen LogP contribution in [0.15, 0.2) is 54.6 Å². The predicted octanol–water partition coefficient (Wildman–Crippen LogP) is 3.21. The normalized spacial score (nSPS) is 12.6. The molecule has 3 N–H and O–H groups in total. The molecule has 0 saturated carbocycles. The molecule has 2 nitrogen and oxygen atoms in total. The molecule has 106 valence electrons. The minimum Gasteiger partial charge on any atom is -0.329 e. The zero-order valence-corrected chi connectivity index (χ0v) is 11.1. The summed E-state index contributed by atoms with van der Waals surface area (Å²) in [5, 5.41) is 2.77. The van der Waals surface area contributed by atoms with Crippen LogP contribution in [0.5, 0.6) is 0 Å². The number of nitrogens with one attached hydrogen (secondary N) is 1. The zero-order chi connectivity index (χ0) is 14.4. The van der Waals surface area contributed by atoms with Crippen LogP contribution in [0, 0.1) is 0 Å². The molecule has 2 rings (SSSR count). The Hall–Kier alpha value is -1.78. The molecule has 0 fully saturated rings. The summed E-state index contributed by atoms with van der Waals surface area (Å²) < 4.78 is 24.5. The van der Waals surface area contributed by atoms with Crippen molar-refractivity contribution in [1.29, 1.82) is 0 Å². The van der Waals surface area contributed by atoms with Crippen LogP contribution in [0.25, 0.3) is 11.1 Å². The third-order valence-electron chi connectivity index (χ3n) is 3.17. The van der Waals surface area contributed by atoms with Gasteiger partial charge in [-0.2, -0.15) is 0 Å². The van der Waals surface area contributed by atoms with Gasteiger partial charge in [-0.3, -0.25) is 0 Å². The molecule has 0 bridgehead atoms. The predicted molar refractivity (Wildman–Crippen MR) is 77.7 cm³/mol. The van der Waals surface area contributed by atoms with Crippen LogP contribution in [-0.4, -0.2) is 19.5 Å². The largest absolute Gasteiger partial charge is 0.329 e. The van der Waals surface area contributed by atoms with Crippen LogP contribution < -0.4 is 11.1 Å². The lowest BCUT2D eigenvalue weighted by Crippen LogP contribution is -2.31. The van der Waals surface area contributed by atoms with Gasteiger partial charge in [0.05, 0.1) is 6.54 Å². The first-order valence-corrected chi connectivity index (χ1v) is 6.57. The van der Waals surface area contributed by atoms with E-state index in [-0.39, 0.29) is 19.1 Å². The first-order chi connectivity index (χ1) is 9.70. The maximum Gasteiger partial charge on any atom is 0.250 e. The molecule has 0 amide bonds. The molecule has 2 aromatic rings. The molecular weight excluding hydrogens is 258 g/mol. The molecule has 0 saturated heterocycles. The summed E-state index contributed by atoms with van der Waals surface area (Å²) in [6.07, 6.45) is -2.37. The highest BCUT2D eigenvalue weighted by Crippen LogP contribution is 2.21. The van der Waals surface area contributed by atoms with E-state index in [2.05, 4.69) is 5.32 Å². The van der Waals surface area contributed by atoms with Crippen molar-refractivity contribution in [3.63, 3.8) is 0 Å². The smallest absolute Gasteiger partial charge is 0.250 e. The molecule has 0 spiro atoms. The van der Waals surface area contributed by atoms with Crippen LogP contribution in [0.2, 0.25) is 0 Å². The van der Waals surface area contributed by atoms with Crippen molar-refractivity contribution in [2.75, 3.05) is 13.1 Å². The summed E-state index contributed by atoms with van der Waals surface area (Å²) >= 11 is 0. The number of nitrogens with two attached hydrogens (primary N) is 1. The van der Waals surface area contributed by atoms with E-state index in [1.807, 2.05) is 54.6 Å². The molecule has 2 aromatic carbocycles. The molecule has 0 aliphatic rings. The molecule has 0 aliphatic carbocycles. The van der Waals surface area contributed by atoms with E-state index in [4.69, 9.17) is 5.73 Å². The van der Waals surface area contributed by atoms with E-state index in [1.54, 1.807) is 0 Å². The minimum absolute atomic E-state index is 0.242. The second kappa shape index (κ2) is 7.12. The highest BCUT2D eigenvalue weighted by atomic mass is 19.3. The fourth-order valence-electron chi connectivity index (χ4n) is 2.11. The van der Waals surface area contributed by atoms with Gasteiger partial charge in [0, 0.05) is 12.6 Å². The monoisotopic (exact) mass is 276 g/mol. The van der Waals surface area contributed by atoms with Crippen molar-refractivity contribution in [2.24, 2.45) is 5.73 Å². The Balaban J connectivity index is 2.10. The summed E-state index contributed by atoms with van der Waals surface area (Å²) in [4.78, 5) is 0. The molecule has 0 aliphatic heterocycles. The Bertz CT molecular complexity index is 512. The lowest BCUT2D eigenvalue weighted by atomic mass is 10.0. The SMILES string of the molecule is NCC(NCC(F)F)c1ccc(-c2ccccc2)cc1. The molecule has 1 atom stereocenters. The van der Waals surface area contributed by atoms with E-state index in [0.29, 0.717) is 0 Å². The van der Waals surface area contributed by atoms with Gasteiger partial charge in [-0.1, -0.05) is 54.6 Å². The van der Waals surface area contributed by atoms with Crippen LogP contribution in [0.1, 0.15) is 11.6 Å². The highest BCUT2D eigenvalue weighted by molar-refractivity contribution is 5.63. The first kappa shape index (κ1) is 14.6. The third-order valence-corrected chi connectivity index (χ3v) is 3.17. The van der Waals surface area contributed by atoms with E-state index in [9.17, 15) is 8.78 Å². The van der Waals surface area contributed by atoms with Gasteiger partial charge in [0.2, 0.25) is 0 Å². The van der Waals surface area contributed by atoms with Gasteiger partial charge in [-0.05, 0) is 16.7 Å². The van der Waals surface area contributed by atoms with Gasteiger partial charge < -0.3 is 11.1 Å². The van der Waals surface area contributed by atoms with Crippen molar-refractivity contribution in [2.45, 2.75) is 12.5 Å². The number of halogens is 2. The van der Waals surface area contributed by atoms with E-state index in [0.717, 1.165) is 16.7 Å². The number of hydrogen-bond donors (Lipinski definition) is 2. The van der Waals surface area contributed by atoms with Crippen molar-refractivity contribution >= 4 is 0 Å². The Labute approximate surface area is 117 Å². The summed E-state index contributed by atoms with van der Waals surface area (Å²) in [7, 11) is 0. The molecule has 0 heterocycles. The van der Waals surface area contributed by atoms with Gasteiger partial charge in [0.25, 0.3) is 6.43 Å². The second-order valence-corrected chi connectivity index (χ2v) is 4.58. The second-order valence-electron chi connectivity index (χ2n) is 4.58. The topological polar surface area (TPSA) is 38.0 Å². The Kier molecular flexibility index (Phi) is 5.21. The minimum atomic E-state index is -2.37. The number of alkyl halides is 2. The van der Waals surface area contributed by atoms with E-state index >= 15 is 0 Å². The highest BCUT2D eigenvalue weighted by Gasteiger charge is 2.11. The Morgan fingerprint density at radius 1 is 0.900 bits per heavy atom. The van der Waals surface area contributed by atoms with Crippen molar-refractivity contribution in [1.82, 2.24) is 5.32 Å². The average Bonchev–Trinajstić information content (AvgIpc) is 2.49. The van der Waals surface area contributed by atoms with Gasteiger partial charge in [0.1, 0.15) is 0 Å². The number of benzene rings is 2. The summed E-state index contributed by atoms with van der Waals surface area (Å²) in [5.41, 5.74) is 8.78. The molecule has 20 heavy (non-hydrogen) atoms. The molecule has 1 unspecified atom stereocenters. The fraction of sp³-hybridized carbons (Fsp3) is 0.250.